The van der Waals surface area contributed by atoms with Crippen molar-refractivity contribution in [1.29, 1.82) is 0 Å². The third-order valence-corrected chi connectivity index (χ3v) is 2.82. The van der Waals surface area contributed by atoms with Crippen molar-refractivity contribution in [3.05, 3.63) is 47.4 Å². The van der Waals surface area contributed by atoms with Crippen LogP contribution in [0.5, 0.6) is 5.88 Å². The summed E-state index contributed by atoms with van der Waals surface area (Å²) < 4.78 is 18.3. The topological polar surface area (TPSA) is 60.2 Å². The van der Waals surface area contributed by atoms with Gasteiger partial charge in [0.25, 0.3) is 0 Å². The Morgan fingerprint density at radius 3 is 2.79 bits per heavy atom. The van der Waals surface area contributed by atoms with E-state index in [4.69, 9.17) is 10.5 Å². The third kappa shape index (κ3) is 3.13. The smallest absolute Gasteiger partial charge is 0.212 e. The van der Waals surface area contributed by atoms with Crippen LogP contribution >= 0.6 is 0 Å². The molecule has 2 aromatic rings. The molecule has 0 saturated carbocycles. The molecule has 0 aliphatic carbocycles. The van der Waals surface area contributed by atoms with Gasteiger partial charge >= 0.3 is 0 Å². The van der Waals surface area contributed by atoms with Crippen molar-refractivity contribution in [2.45, 2.75) is 13.5 Å². The number of hydrogen-bond acceptors (Lipinski definition) is 4. The molecule has 3 N–H and O–H groups in total. The van der Waals surface area contributed by atoms with E-state index in [1.165, 1.54) is 6.07 Å². The van der Waals surface area contributed by atoms with E-state index in [2.05, 4.69) is 10.3 Å². The first-order valence-electron chi connectivity index (χ1n) is 5.88. The minimum Gasteiger partial charge on any atom is -0.481 e. The number of anilines is 2. The zero-order valence-corrected chi connectivity index (χ0v) is 10.9. The Morgan fingerprint density at radius 2 is 2.16 bits per heavy atom. The summed E-state index contributed by atoms with van der Waals surface area (Å²) in [5.41, 5.74) is 8.42. The molecule has 1 heterocycles. The molecule has 0 atom stereocenters. The van der Waals surface area contributed by atoms with Crippen LogP contribution in [0.1, 0.15) is 11.1 Å². The number of halogens is 1. The van der Waals surface area contributed by atoms with Gasteiger partial charge in [-0.25, -0.2) is 9.37 Å². The van der Waals surface area contributed by atoms with E-state index >= 15 is 0 Å². The Labute approximate surface area is 111 Å². The van der Waals surface area contributed by atoms with E-state index in [0.29, 0.717) is 23.7 Å². The molecule has 5 heteroatoms. The van der Waals surface area contributed by atoms with Crippen molar-refractivity contribution in [1.82, 2.24) is 4.98 Å². The molecule has 1 aromatic heterocycles. The van der Waals surface area contributed by atoms with Crippen LogP contribution in [0.15, 0.2) is 30.5 Å². The Morgan fingerprint density at radius 1 is 1.37 bits per heavy atom. The Bertz CT molecular complexity index is 570. The molecular formula is C14H16FN3O. The van der Waals surface area contributed by atoms with Gasteiger partial charge in [-0.15, -0.1) is 0 Å². The van der Waals surface area contributed by atoms with E-state index in [0.717, 1.165) is 11.3 Å². The lowest BCUT2D eigenvalue weighted by Gasteiger charge is -2.11. The Hall–Kier alpha value is -2.30. The second-order valence-electron chi connectivity index (χ2n) is 4.25. The molecule has 0 bridgehead atoms. The Balaban J connectivity index is 2.07. The van der Waals surface area contributed by atoms with Crippen LogP contribution < -0.4 is 15.8 Å². The van der Waals surface area contributed by atoms with Gasteiger partial charge in [0.15, 0.2) is 0 Å². The van der Waals surface area contributed by atoms with Crippen LogP contribution in [-0.2, 0) is 6.54 Å². The van der Waals surface area contributed by atoms with Crippen LogP contribution in [0.4, 0.5) is 15.8 Å². The van der Waals surface area contributed by atoms with Crippen molar-refractivity contribution in [2.75, 3.05) is 18.2 Å². The number of aromatic nitrogens is 1. The van der Waals surface area contributed by atoms with Gasteiger partial charge in [0.2, 0.25) is 5.88 Å². The maximum atomic E-state index is 13.3. The van der Waals surface area contributed by atoms with Crippen molar-refractivity contribution in [3.8, 4) is 5.88 Å². The molecule has 0 radical (unpaired) electrons. The van der Waals surface area contributed by atoms with Crippen LogP contribution in [0.2, 0.25) is 0 Å². The molecule has 0 aliphatic rings. The molecule has 0 aliphatic heterocycles. The second-order valence-corrected chi connectivity index (χ2v) is 4.25. The summed E-state index contributed by atoms with van der Waals surface area (Å²) in [6.07, 6.45) is 1.72. The summed E-state index contributed by atoms with van der Waals surface area (Å²) in [6.45, 7) is 2.27. The third-order valence-electron chi connectivity index (χ3n) is 2.82. The lowest BCUT2D eigenvalue weighted by atomic mass is 10.1. The molecule has 19 heavy (non-hydrogen) atoms. The highest BCUT2D eigenvalue weighted by Crippen LogP contribution is 2.23. The van der Waals surface area contributed by atoms with Crippen LogP contribution in [0.25, 0.3) is 0 Å². The number of methoxy groups -OCH3 is 1. The zero-order chi connectivity index (χ0) is 13.8. The van der Waals surface area contributed by atoms with E-state index in [1.807, 2.05) is 6.07 Å². The summed E-state index contributed by atoms with van der Waals surface area (Å²) in [5, 5.41) is 3.16. The number of nitrogens with one attached hydrogen (secondary N) is 1. The summed E-state index contributed by atoms with van der Waals surface area (Å²) in [6, 6.07) is 6.72. The molecule has 0 amide bonds. The summed E-state index contributed by atoms with van der Waals surface area (Å²) in [4.78, 5) is 4.11. The number of benzene rings is 1. The molecule has 0 fully saturated rings. The molecular weight excluding hydrogens is 245 g/mol. The van der Waals surface area contributed by atoms with Gasteiger partial charge in [0, 0.05) is 18.8 Å². The van der Waals surface area contributed by atoms with Gasteiger partial charge in [0.05, 0.1) is 18.5 Å². The average molecular weight is 261 g/mol. The normalized spacial score (nSPS) is 10.3. The molecule has 0 unspecified atom stereocenters. The number of pyridine rings is 1. The number of aryl methyl sites for hydroxylation is 1. The maximum absolute atomic E-state index is 13.3. The van der Waals surface area contributed by atoms with Gasteiger partial charge in [-0.05, 0) is 30.2 Å². The monoisotopic (exact) mass is 261 g/mol. The highest BCUT2D eigenvalue weighted by Gasteiger charge is 2.04. The minimum absolute atomic E-state index is 0.297. The number of nitrogens with two attached hydrogens (primary N) is 1. The average Bonchev–Trinajstić information content (AvgIpc) is 2.42. The van der Waals surface area contributed by atoms with Crippen LogP contribution in [-0.4, -0.2) is 12.1 Å². The van der Waals surface area contributed by atoms with Crippen molar-refractivity contribution < 1.29 is 9.13 Å². The number of nitrogen functional groups attached to an aromatic ring is 1. The maximum Gasteiger partial charge on any atom is 0.212 e. The fourth-order valence-corrected chi connectivity index (χ4v) is 1.68. The second kappa shape index (κ2) is 5.56. The summed E-state index contributed by atoms with van der Waals surface area (Å²) >= 11 is 0. The lowest BCUT2D eigenvalue weighted by molar-refractivity contribution is 0.397. The lowest BCUT2D eigenvalue weighted by Crippen LogP contribution is -2.04. The van der Waals surface area contributed by atoms with Crippen molar-refractivity contribution >= 4 is 11.4 Å². The standard InChI is InChI=1S/C14H16FN3O/c1-9-5-13(12(16)6-11(9)15)17-7-10-3-4-14(19-2)18-8-10/h3-6,8,17H,7,16H2,1-2H3. The number of ether oxygens (including phenoxy) is 1. The fraction of sp³-hybridized carbons (Fsp3) is 0.214. The van der Waals surface area contributed by atoms with Crippen LogP contribution in [0, 0.1) is 12.7 Å². The predicted octanol–water partition coefficient (Wildman–Crippen LogP) is 2.73. The number of hydrogen-bond donors (Lipinski definition) is 2. The van der Waals surface area contributed by atoms with Gasteiger partial charge in [-0.1, -0.05) is 6.07 Å². The molecule has 1 aromatic carbocycles. The SMILES string of the molecule is COc1ccc(CNc2cc(C)c(F)cc2N)cn1. The first-order chi connectivity index (χ1) is 9.10. The van der Waals surface area contributed by atoms with E-state index in [-0.39, 0.29) is 5.82 Å². The first-order valence-corrected chi connectivity index (χ1v) is 5.88. The minimum atomic E-state index is -0.297. The predicted molar refractivity (Wildman–Crippen MR) is 73.7 cm³/mol. The summed E-state index contributed by atoms with van der Waals surface area (Å²) in [7, 11) is 1.57. The fourth-order valence-electron chi connectivity index (χ4n) is 1.68. The van der Waals surface area contributed by atoms with Crippen molar-refractivity contribution in [2.24, 2.45) is 0 Å². The van der Waals surface area contributed by atoms with Gasteiger partial charge < -0.3 is 15.8 Å². The molecule has 0 saturated heterocycles. The van der Waals surface area contributed by atoms with Crippen molar-refractivity contribution in [3.63, 3.8) is 0 Å². The van der Waals surface area contributed by atoms with Gasteiger partial charge in [-0.2, -0.15) is 0 Å². The molecule has 4 nitrogen and oxygen atoms in total. The van der Waals surface area contributed by atoms with E-state index in [1.54, 1.807) is 32.4 Å². The number of rotatable bonds is 4. The van der Waals surface area contributed by atoms with Gasteiger partial charge in [-0.3, -0.25) is 0 Å². The zero-order valence-electron chi connectivity index (χ0n) is 10.9. The van der Waals surface area contributed by atoms with Gasteiger partial charge in [0.1, 0.15) is 5.82 Å². The quantitative estimate of drug-likeness (QED) is 0.831. The highest BCUT2D eigenvalue weighted by molar-refractivity contribution is 5.67. The summed E-state index contributed by atoms with van der Waals surface area (Å²) in [5.74, 6) is 0.273. The van der Waals surface area contributed by atoms with Crippen LogP contribution in [0.3, 0.4) is 0 Å². The molecule has 100 valence electrons. The largest absolute Gasteiger partial charge is 0.481 e. The molecule has 2 rings (SSSR count). The highest BCUT2D eigenvalue weighted by atomic mass is 19.1. The Kier molecular flexibility index (Phi) is 3.85. The van der Waals surface area contributed by atoms with E-state index in [9.17, 15) is 4.39 Å². The molecule has 0 spiro atoms. The first kappa shape index (κ1) is 13.1. The van der Waals surface area contributed by atoms with E-state index < -0.39 is 0 Å². The number of nitrogens with zero attached hydrogens (tertiary/aromatic N) is 1.